The van der Waals surface area contributed by atoms with Crippen molar-refractivity contribution in [1.29, 1.82) is 0 Å². The normalized spacial score (nSPS) is 16.8. The van der Waals surface area contributed by atoms with Crippen LogP contribution in [0.3, 0.4) is 0 Å². The van der Waals surface area contributed by atoms with E-state index in [2.05, 4.69) is 15.2 Å². The molecule has 1 aromatic carbocycles. The minimum Gasteiger partial charge on any atom is -0.490 e. The van der Waals surface area contributed by atoms with Gasteiger partial charge in [-0.15, -0.1) is 4.83 Å². The molecule has 1 amide bonds. The van der Waals surface area contributed by atoms with Gasteiger partial charge >= 0.3 is 0 Å². The molecule has 4 rings (SSSR count). The number of aryl methyl sites for hydroxylation is 1. The number of thiazole rings is 1. The number of anilines is 1. The van der Waals surface area contributed by atoms with E-state index in [0.717, 1.165) is 0 Å². The molecule has 1 aromatic heterocycles. The molecule has 0 aliphatic carbocycles. The van der Waals surface area contributed by atoms with Crippen molar-refractivity contribution in [3.05, 3.63) is 28.8 Å². The van der Waals surface area contributed by atoms with Gasteiger partial charge in [0.1, 0.15) is 4.88 Å². The fourth-order valence-corrected chi connectivity index (χ4v) is 4.89. The molecule has 10 nitrogen and oxygen atoms in total. The fourth-order valence-electron chi connectivity index (χ4n) is 3.02. The summed E-state index contributed by atoms with van der Waals surface area (Å²) < 4.78 is 41.6. The van der Waals surface area contributed by atoms with Gasteiger partial charge in [-0.25, -0.2) is 13.4 Å². The average molecular weight is 455 g/mol. The third-order valence-electron chi connectivity index (χ3n) is 4.60. The van der Waals surface area contributed by atoms with Crippen LogP contribution in [0, 0.1) is 6.92 Å². The molecule has 2 aliphatic heterocycles. The highest BCUT2D eigenvalue weighted by atomic mass is 32.2. The number of hydrogen-bond acceptors (Lipinski definition) is 9. The second kappa shape index (κ2) is 8.76. The van der Waals surface area contributed by atoms with E-state index in [1.54, 1.807) is 13.0 Å². The van der Waals surface area contributed by atoms with E-state index in [4.69, 9.17) is 14.2 Å². The van der Waals surface area contributed by atoms with Gasteiger partial charge in [-0.3, -0.25) is 10.2 Å². The van der Waals surface area contributed by atoms with E-state index in [9.17, 15) is 13.2 Å². The highest BCUT2D eigenvalue weighted by Gasteiger charge is 2.23. The molecule has 12 heteroatoms. The zero-order chi connectivity index (χ0) is 21.1. The van der Waals surface area contributed by atoms with Crippen molar-refractivity contribution in [2.24, 2.45) is 0 Å². The molecule has 1 saturated heterocycles. The van der Waals surface area contributed by atoms with Crippen molar-refractivity contribution < 1.29 is 27.4 Å². The van der Waals surface area contributed by atoms with Gasteiger partial charge in [0.15, 0.2) is 16.6 Å². The highest BCUT2D eigenvalue weighted by Crippen LogP contribution is 2.32. The van der Waals surface area contributed by atoms with Crippen LogP contribution in [0.15, 0.2) is 23.1 Å². The number of amides is 1. The summed E-state index contributed by atoms with van der Waals surface area (Å²) in [4.78, 5) is 21.5. The summed E-state index contributed by atoms with van der Waals surface area (Å²) in [5.41, 5.74) is 2.80. The average Bonchev–Trinajstić information content (AvgIpc) is 2.99. The van der Waals surface area contributed by atoms with E-state index in [1.165, 1.54) is 23.5 Å². The molecular weight excluding hydrogens is 432 g/mol. The Morgan fingerprint density at radius 3 is 2.63 bits per heavy atom. The maximum absolute atomic E-state index is 12.6. The molecule has 0 atom stereocenters. The van der Waals surface area contributed by atoms with Gasteiger partial charge in [0.25, 0.3) is 15.9 Å². The SMILES string of the molecule is Cc1nc(N2CCOCC2)sc1C(=O)NNS(=O)(=O)c1ccc2c(c1)OCCCO2. The van der Waals surface area contributed by atoms with Crippen molar-refractivity contribution in [2.45, 2.75) is 18.2 Å². The van der Waals surface area contributed by atoms with Crippen LogP contribution in [0.1, 0.15) is 21.8 Å². The Morgan fingerprint density at radius 2 is 1.87 bits per heavy atom. The van der Waals surface area contributed by atoms with Crippen LogP contribution in [0.4, 0.5) is 5.13 Å². The van der Waals surface area contributed by atoms with Crippen molar-refractivity contribution >= 4 is 32.4 Å². The van der Waals surface area contributed by atoms with E-state index >= 15 is 0 Å². The van der Waals surface area contributed by atoms with E-state index in [0.29, 0.717) is 73.1 Å². The molecule has 30 heavy (non-hydrogen) atoms. The van der Waals surface area contributed by atoms with E-state index in [1.807, 2.05) is 4.90 Å². The first-order valence-corrected chi connectivity index (χ1v) is 11.8. The zero-order valence-electron chi connectivity index (χ0n) is 16.3. The number of carbonyl (C=O) groups is 1. The standard InChI is InChI=1S/C18H22N4O6S2/c1-12-16(29-18(19-12)22-5-9-26-10-6-22)17(23)20-21-30(24,25)13-3-4-14-15(11-13)28-8-2-7-27-14/h3-4,11,21H,2,5-10H2,1H3,(H,20,23). The predicted octanol–water partition coefficient (Wildman–Crippen LogP) is 1.07. The number of nitrogens with one attached hydrogen (secondary N) is 2. The largest absolute Gasteiger partial charge is 0.490 e. The fraction of sp³-hybridized carbons (Fsp3) is 0.444. The molecule has 2 N–H and O–H groups in total. The lowest BCUT2D eigenvalue weighted by atomic mass is 10.3. The number of rotatable bonds is 5. The number of fused-ring (bicyclic) bond motifs is 1. The van der Waals surface area contributed by atoms with Crippen LogP contribution in [0.5, 0.6) is 11.5 Å². The zero-order valence-corrected chi connectivity index (χ0v) is 18.0. The number of nitrogens with zero attached hydrogens (tertiary/aromatic N) is 2. The van der Waals surface area contributed by atoms with Crippen molar-refractivity contribution in [3.63, 3.8) is 0 Å². The Balaban J connectivity index is 1.44. The minimum atomic E-state index is -4.00. The van der Waals surface area contributed by atoms with Crippen molar-refractivity contribution in [3.8, 4) is 11.5 Å². The number of hydrazine groups is 1. The Bertz CT molecular complexity index is 1030. The van der Waals surface area contributed by atoms with Gasteiger partial charge in [0, 0.05) is 25.6 Å². The molecule has 2 aliphatic rings. The first-order valence-electron chi connectivity index (χ1n) is 9.46. The smallest absolute Gasteiger partial charge is 0.278 e. The van der Waals surface area contributed by atoms with Crippen molar-refractivity contribution in [2.75, 3.05) is 44.4 Å². The first kappa shape index (κ1) is 20.8. The molecule has 1 fully saturated rings. The second-order valence-corrected chi connectivity index (χ2v) is 9.39. The summed E-state index contributed by atoms with van der Waals surface area (Å²) in [5.74, 6) is 0.281. The molecule has 0 spiro atoms. The first-order chi connectivity index (χ1) is 14.4. The lowest BCUT2D eigenvalue weighted by Crippen LogP contribution is -2.41. The number of morpholine rings is 1. The summed E-state index contributed by atoms with van der Waals surface area (Å²) in [7, 11) is -4.00. The topological polar surface area (TPSA) is 119 Å². The summed E-state index contributed by atoms with van der Waals surface area (Å²) in [5, 5.41) is 0.715. The van der Waals surface area contributed by atoms with E-state index < -0.39 is 15.9 Å². The molecule has 3 heterocycles. The maximum atomic E-state index is 12.6. The van der Waals surface area contributed by atoms with Crippen LogP contribution < -0.4 is 24.6 Å². The molecule has 0 saturated carbocycles. The Kier molecular flexibility index (Phi) is 6.09. The van der Waals surface area contributed by atoms with Gasteiger partial charge in [-0.05, 0) is 19.1 Å². The Morgan fingerprint density at radius 1 is 1.13 bits per heavy atom. The quantitative estimate of drug-likeness (QED) is 0.644. The van der Waals surface area contributed by atoms with Gasteiger partial charge < -0.3 is 19.1 Å². The van der Waals surface area contributed by atoms with Crippen LogP contribution in [-0.4, -0.2) is 58.8 Å². The van der Waals surface area contributed by atoms with Crippen LogP contribution in [0.25, 0.3) is 0 Å². The van der Waals surface area contributed by atoms with Gasteiger partial charge in [0.2, 0.25) is 0 Å². The van der Waals surface area contributed by atoms with Gasteiger partial charge in [-0.1, -0.05) is 11.3 Å². The van der Waals surface area contributed by atoms with Crippen molar-refractivity contribution in [1.82, 2.24) is 15.2 Å². The summed E-state index contributed by atoms with van der Waals surface area (Å²) in [6, 6.07) is 4.32. The Labute approximate surface area is 178 Å². The number of ether oxygens (including phenoxy) is 3. The van der Waals surface area contributed by atoms with Gasteiger partial charge in [-0.2, -0.15) is 0 Å². The third-order valence-corrected chi connectivity index (χ3v) is 7.06. The minimum absolute atomic E-state index is 0.0397. The van der Waals surface area contributed by atoms with Crippen LogP contribution >= 0.6 is 11.3 Å². The lowest BCUT2D eigenvalue weighted by molar-refractivity contribution is 0.0948. The molecule has 162 valence electrons. The number of aromatic nitrogens is 1. The Hall–Kier alpha value is -2.41. The van der Waals surface area contributed by atoms with E-state index in [-0.39, 0.29) is 4.90 Å². The molecule has 0 radical (unpaired) electrons. The molecule has 0 unspecified atom stereocenters. The number of sulfonamides is 1. The second-order valence-electron chi connectivity index (χ2n) is 6.73. The number of carbonyl (C=O) groups excluding carboxylic acids is 1. The third kappa shape index (κ3) is 4.51. The molecule has 0 bridgehead atoms. The number of hydrogen-bond donors (Lipinski definition) is 2. The lowest BCUT2D eigenvalue weighted by Gasteiger charge is -2.25. The van der Waals surface area contributed by atoms with Crippen LogP contribution in [-0.2, 0) is 14.8 Å². The summed E-state index contributed by atoms with van der Waals surface area (Å²) in [6.07, 6.45) is 0.714. The highest BCUT2D eigenvalue weighted by molar-refractivity contribution is 7.89. The summed E-state index contributed by atoms with van der Waals surface area (Å²) in [6.45, 7) is 5.28. The van der Waals surface area contributed by atoms with Gasteiger partial charge in [0.05, 0.1) is 37.0 Å². The summed E-state index contributed by atoms with van der Waals surface area (Å²) >= 11 is 1.22. The monoisotopic (exact) mass is 454 g/mol. The predicted molar refractivity (Wildman–Crippen MR) is 110 cm³/mol. The van der Waals surface area contributed by atoms with Crippen LogP contribution in [0.2, 0.25) is 0 Å². The number of benzene rings is 1. The molecular formula is C18H22N4O6S2. The molecule has 2 aromatic rings. The maximum Gasteiger partial charge on any atom is 0.278 e.